The van der Waals surface area contributed by atoms with Gasteiger partial charge in [0.15, 0.2) is 11.4 Å². The zero-order valence-corrected chi connectivity index (χ0v) is 9.00. The van der Waals surface area contributed by atoms with Gasteiger partial charge in [-0.1, -0.05) is 0 Å². The van der Waals surface area contributed by atoms with E-state index in [1.54, 1.807) is 13.3 Å². The molecular formula is C9H9BrN2O. The molecule has 0 aliphatic carbocycles. The summed E-state index contributed by atoms with van der Waals surface area (Å²) in [6.45, 7) is 2.00. The van der Waals surface area contributed by atoms with Crippen molar-refractivity contribution in [2.45, 2.75) is 6.92 Å². The third-order valence-corrected chi connectivity index (χ3v) is 2.58. The van der Waals surface area contributed by atoms with Gasteiger partial charge < -0.3 is 4.74 Å². The van der Waals surface area contributed by atoms with Crippen molar-refractivity contribution in [3.05, 3.63) is 28.6 Å². The van der Waals surface area contributed by atoms with E-state index in [9.17, 15) is 0 Å². The van der Waals surface area contributed by atoms with Gasteiger partial charge in [-0.3, -0.25) is 4.40 Å². The van der Waals surface area contributed by atoms with Gasteiger partial charge in [-0.2, -0.15) is 0 Å². The average Bonchev–Trinajstić information content (AvgIpc) is 2.48. The van der Waals surface area contributed by atoms with E-state index < -0.39 is 0 Å². The van der Waals surface area contributed by atoms with Crippen molar-refractivity contribution < 1.29 is 4.74 Å². The van der Waals surface area contributed by atoms with Crippen LogP contribution < -0.4 is 4.74 Å². The summed E-state index contributed by atoms with van der Waals surface area (Å²) in [6.07, 6.45) is 3.72. The summed E-state index contributed by atoms with van der Waals surface area (Å²) in [7, 11) is 1.66. The Balaban J connectivity index is 2.85. The van der Waals surface area contributed by atoms with E-state index in [1.165, 1.54) is 0 Å². The Kier molecular flexibility index (Phi) is 2.00. The molecule has 0 saturated carbocycles. The molecule has 0 atom stereocenters. The highest BCUT2D eigenvalue weighted by Gasteiger charge is 2.08. The fraction of sp³-hybridized carbons (Fsp3) is 0.222. The lowest BCUT2D eigenvalue weighted by Gasteiger charge is -2.05. The lowest BCUT2D eigenvalue weighted by Crippen LogP contribution is -1.93. The Morgan fingerprint density at radius 2 is 2.31 bits per heavy atom. The first-order valence-corrected chi connectivity index (χ1v) is 4.69. The van der Waals surface area contributed by atoms with Crippen LogP contribution in [0.5, 0.6) is 5.75 Å². The van der Waals surface area contributed by atoms with Crippen LogP contribution in [0.1, 0.15) is 5.56 Å². The van der Waals surface area contributed by atoms with Crippen LogP contribution in [0.25, 0.3) is 5.65 Å². The van der Waals surface area contributed by atoms with Gasteiger partial charge in [0.05, 0.1) is 13.3 Å². The molecular weight excluding hydrogens is 232 g/mol. The first-order valence-electron chi connectivity index (χ1n) is 3.90. The Bertz CT molecular complexity index is 450. The summed E-state index contributed by atoms with van der Waals surface area (Å²) in [6, 6.07) is 2.00. The van der Waals surface area contributed by atoms with Gasteiger partial charge >= 0.3 is 0 Å². The van der Waals surface area contributed by atoms with E-state index in [0.717, 1.165) is 21.6 Å². The van der Waals surface area contributed by atoms with Crippen LogP contribution in [0.3, 0.4) is 0 Å². The number of nitrogens with zero attached hydrogens (tertiary/aromatic N) is 2. The van der Waals surface area contributed by atoms with Gasteiger partial charge in [-0.25, -0.2) is 4.98 Å². The topological polar surface area (TPSA) is 26.5 Å². The van der Waals surface area contributed by atoms with Crippen molar-refractivity contribution in [1.82, 2.24) is 9.38 Å². The lowest BCUT2D eigenvalue weighted by atomic mass is 10.3. The van der Waals surface area contributed by atoms with Gasteiger partial charge in [0.25, 0.3) is 0 Å². The van der Waals surface area contributed by atoms with Crippen molar-refractivity contribution in [2.75, 3.05) is 7.11 Å². The minimum atomic E-state index is 0.827. The second-order valence-corrected chi connectivity index (χ2v) is 3.62. The predicted molar refractivity (Wildman–Crippen MR) is 54.2 cm³/mol. The van der Waals surface area contributed by atoms with E-state index >= 15 is 0 Å². The van der Waals surface area contributed by atoms with E-state index in [-0.39, 0.29) is 0 Å². The number of hydrogen-bond donors (Lipinski definition) is 0. The molecule has 3 nitrogen and oxygen atoms in total. The summed E-state index contributed by atoms with van der Waals surface area (Å²) >= 11 is 3.40. The molecule has 4 heteroatoms. The average molecular weight is 241 g/mol. The number of rotatable bonds is 1. The number of halogens is 1. The second kappa shape index (κ2) is 3.03. The second-order valence-electron chi connectivity index (χ2n) is 2.81. The minimum Gasteiger partial charge on any atom is -0.493 e. The molecule has 0 saturated heterocycles. The van der Waals surface area contributed by atoms with E-state index in [1.807, 2.05) is 23.6 Å². The smallest absolute Gasteiger partial charge is 0.180 e. The van der Waals surface area contributed by atoms with E-state index in [0.29, 0.717) is 0 Å². The molecule has 2 aromatic rings. The molecule has 13 heavy (non-hydrogen) atoms. The highest BCUT2D eigenvalue weighted by atomic mass is 79.9. The first-order chi connectivity index (χ1) is 6.24. The number of aryl methyl sites for hydroxylation is 1. The summed E-state index contributed by atoms with van der Waals surface area (Å²) in [5, 5.41) is 0. The third kappa shape index (κ3) is 1.21. The molecule has 0 amide bonds. The van der Waals surface area contributed by atoms with Crippen LogP contribution in [0.15, 0.2) is 23.1 Å². The van der Waals surface area contributed by atoms with Gasteiger partial charge in [0.2, 0.25) is 0 Å². The van der Waals surface area contributed by atoms with Crippen LogP contribution in [0.4, 0.5) is 0 Å². The molecule has 0 aliphatic rings. The van der Waals surface area contributed by atoms with Gasteiger partial charge in [-0.05, 0) is 34.5 Å². The third-order valence-electron chi connectivity index (χ3n) is 1.99. The van der Waals surface area contributed by atoms with Crippen molar-refractivity contribution in [1.29, 1.82) is 0 Å². The molecule has 0 aliphatic heterocycles. The van der Waals surface area contributed by atoms with Crippen molar-refractivity contribution in [3.63, 3.8) is 0 Å². The molecule has 0 bridgehead atoms. The summed E-state index contributed by atoms with van der Waals surface area (Å²) < 4.78 is 8.14. The van der Waals surface area contributed by atoms with E-state index in [2.05, 4.69) is 20.9 Å². The number of pyridine rings is 1. The fourth-order valence-electron chi connectivity index (χ4n) is 1.34. The van der Waals surface area contributed by atoms with Crippen LogP contribution >= 0.6 is 15.9 Å². The number of fused-ring (bicyclic) bond motifs is 1. The Morgan fingerprint density at radius 1 is 1.54 bits per heavy atom. The van der Waals surface area contributed by atoms with Gasteiger partial charge in [0, 0.05) is 6.20 Å². The maximum atomic E-state index is 5.27. The largest absolute Gasteiger partial charge is 0.493 e. The molecule has 2 heterocycles. The lowest BCUT2D eigenvalue weighted by molar-refractivity contribution is 0.414. The number of ether oxygens (including phenoxy) is 1. The number of hydrogen-bond acceptors (Lipinski definition) is 2. The molecule has 0 radical (unpaired) electrons. The molecule has 0 fully saturated rings. The maximum absolute atomic E-state index is 5.27. The van der Waals surface area contributed by atoms with Crippen LogP contribution in [-0.4, -0.2) is 16.5 Å². The molecule has 68 valence electrons. The Morgan fingerprint density at radius 3 is 3.00 bits per heavy atom. The highest BCUT2D eigenvalue weighted by Crippen LogP contribution is 2.25. The van der Waals surface area contributed by atoms with Crippen LogP contribution in [0.2, 0.25) is 0 Å². The van der Waals surface area contributed by atoms with Crippen molar-refractivity contribution in [3.8, 4) is 5.75 Å². The zero-order valence-electron chi connectivity index (χ0n) is 7.41. The summed E-state index contributed by atoms with van der Waals surface area (Å²) in [5.74, 6) is 0.827. The zero-order chi connectivity index (χ0) is 9.42. The highest BCUT2D eigenvalue weighted by molar-refractivity contribution is 9.10. The minimum absolute atomic E-state index is 0.827. The molecule has 0 N–H and O–H groups in total. The standard InChI is InChI=1S/C9H9BrN2O/c1-6-3-4-12-7(10)5-11-9(12)8(6)13-2/h3-5H,1-2H3. The number of methoxy groups -OCH3 is 1. The molecule has 2 aromatic heterocycles. The van der Waals surface area contributed by atoms with Gasteiger partial charge in [-0.15, -0.1) is 0 Å². The fourth-order valence-corrected chi connectivity index (χ4v) is 1.73. The number of aromatic nitrogens is 2. The Hall–Kier alpha value is -1.03. The summed E-state index contributed by atoms with van der Waals surface area (Å²) in [4.78, 5) is 4.24. The normalized spacial score (nSPS) is 10.7. The molecule has 2 rings (SSSR count). The maximum Gasteiger partial charge on any atom is 0.180 e. The van der Waals surface area contributed by atoms with Crippen LogP contribution in [-0.2, 0) is 0 Å². The van der Waals surface area contributed by atoms with E-state index in [4.69, 9.17) is 4.74 Å². The monoisotopic (exact) mass is 240 g/mol. The van der Waals surface area contributed by atoms with Gasteiger partial charge in [0.1, 0.15) is 4.60 Å². The Labute approximate surface area is 84.5 Å². The van der Waals surface area contributed by atoms with Crippen molar-refractivity contribution in [2.24, 2.45) is 0 Å². The SMILES string of the molecule is COc1c(C)ccn2c(Br)cnc12. The first kappa shape index (κ1) is 8.56. The number of imidazole rings is 1. The van der Waals surface area contributed by atoms with Crippen LogP contribution in [0, 0.1) is 6.92 Å². The quantitative estimate of drug-likeness (QED) is 0.766. The van der Waals surface area contributed by atoms with Crippen molar-refractivity contribution >= 4 is 21.6 Å². The molecule has 0 unspecified atom stereocenters. The predicted octanol–water partition coefficient (Wildman–Crippen LogP) is 2.41. The summed E-state index contributed by atoms with van der Waals surface area (Å²) in [5.41, 5.74) is 1.93. The molecule has 0 aromatic carbocycles. The molecule has 0 spiro atoms.